The predicted octanol–water partition coefficient (Wildman–Crippen LogP) is 4.91. The minimum atomic E-state index is -0.211. The number of alkyl halides is 1. The van der Waals surface area contributed by atoms with Crippen LogP contribution in [-0.2, 0) is 5.88 Å². The topological polar surface area (TPSA) is 17.8 Å². The zero-order valence-electron chi connectivity index (χ0n) is 11.9. The maximum absolute atomic E-state index is 13.6. The van der Waals surface area contributed by atoms with Crippen molar-refractivity contribution in [3.8, 4) is 0 Å². The normalized spacial score (nSPS) is 26.5. The van der Waals surface area contributed by atoms with E-state index in [1.165, 1.54) is 18.9 Å². The van der Waals surface area contributed by atoms with Crippen LogP contribution in [0.2, 0.25) is 0 Å². The quantitative estimate of drug-likeness (QED) is 0.735. The predicted molar refractivity (Wildman–Crippen MR) is 80.5 cm³/mol. The first-order valence-electron chi connectivity index (χ1n) is 7.38. The monoisotopic (exact) mass is 294 g/mol. The summed E-state index contributed by atoms with van der Waals surface area (Å²) in [6.45, 7) is 4.55. The minimum Gasteiger partial charge on any atom is -0.323 e. The van der Waals surface area contributed by atoms with E-state index < -0.39 is 0 Å². The van der Waals surface area contributed by atoms with Crippen LogP contribution in [0.4, 0.5) is 4.39 Å². The highest BCUT2D eigenvalue weighted by molar-refractivity contribution is 6.16. The molecule has 0 radical (unpaired) electrons. The van der Waals surface area contributed by atoms with E-state index in [0.717, 1.165) is 29.2 Å². The molecule has 0 bridgehead atoms. The molecule has 4 heteroatoms. The molecule has 0 amide bonds. The molecule has 2 aromatic rings. The molecule has 0 N–H and O–H groups in total. The van der Waals surface area contributed by atoms with Gasteiger partial charge in [0.1, 0.15) is 11.6 Å². The van der Waals surface area contributed by atoms with E-state index in [1.54, 1.807) is 12.1 Å². The van der Waals surface area contributed by atoms with Gasteiger partial charge in [0.2, 0.25) is 0 Å². The van der Waals surface area contributed by atoms with Crippen LogP contribution in [-0.4, -0.2) is 9.55 Å². The Balaban J connectivity index is 2.12. The third kappa shape index (κ3) is 2.12. The van der Waals surface area contributed by atoms with Crippen LogP contribution in [0.1, 0.15) is 45.0 Å². The van der Waals surface area contributed by atoms with Gasteiger partial charge < -0.3 is 4.57 Å². The lowest BCUT2D eigenvalue weighted by atomic mass is 9.93. The molecule has 0 spiro atoms. The largest absolute Gasteiger partial charge is 0.323 e. The summed E-state index contributed by atoms with van der Waals surface area (Å²) in [5.74, 6) is 2.35. The van der Waals surface area contributed by atoms with E-state index in [1.807, 2.05) is 0 Å². The lowest BCUT2D eigenvalue weighted by molar-refractivity contribution is 0.330. The minimum absolute atomic E-state index is 0.211. The molecule has 1 aromatic heterocycles. The molecule has 3 atom stereocenters. The van der Waals surface area contributed by atoms with Gasteiger partial charge in [0, 0.05) is 6.04 Å². The van der Waals surface area contributed by atoms with Crippen molar-refractivity contribution >= 4 is 22.6 Å². The molecular weight excluding hydrogens is 275 g/mol. The molecule has 0 saturated heterocycles. The third-order valence-corrected chi connectivity index (χ3v) is 5.12. The van der Waals surface area contributed by atoms with Crippen LogP contribution < -0.4 is 0 Å². The van der Waals surface area contributed by atoms with Crippen molar-refractivity contribution in [1.29, 1.82) is 0 Å². The Bertz CT molecular complexity index is 622. The van der Waals surface area contributed by atoms with Gasteiger partial charge >= 0.3 is 0 Å². The van der Waals surface area contributed by atoms with Crippen molar-refractivity contribution in [2.45, 2.75) is 45.0 Å². The fraction of sp³-hybridized carbons (Fsp3) is 0.562. The molecular formula is C16H20ClFN2. The summed E-state index contributed by atoms with van der Waals surface area (Å²) in [6, 6.07) is 5.18. The first kappa shape index (κ1) is 13.9. The van der Waals surface area contributed by atoms with Gasteiger partial charge in [-0.1, -0.05) is 20.3 Å². The molecule has 20 heavy (non-hydrogen) atoms. The van der Waals surface area contributed by atoms with Gasteiger partial charge in [-0.05, 0) is 42.9 Å². The van der Waals surface area contributed by atoms with Gasteiger partial charge in [-0.2, -0.15) is 0 Å². The first-order chi connectivity index (χ1) is 9.65. The Morgan fingerprint density at radius 3 is 2.85 bits per heavy atom. The number of imidazole rings is 1. The molecule has 1 heterocycles. The summed E-state index contributed by atoms with van der Waals surface area (Å²) in [7, 11) is 0. The maximum atomic E-state index is 13.6. The number of aromatic nitrogens is 2. The van der Waals surface area contributed by atoms with Gasteiger partial charge in [-0.15, -0.1) is 11.6 Å². The van der Waals surface area contributed by atoms with E-state index in [4.69, 9.17) is 11.6 Å². The third-order valence-electron chi connectivity index (χ3n) is 4.88. The average molecular weight is 295 g/mol. The fourth-order valence-electron chi connectivity index (χ4n) is 3.75. The van der Waals surface area contributed by atoms with Crippen LogP contribution in [0.5, 0.6) is 0 Å². The Morgan fingerprint density at radius 2 is 2.20 bits per heavy atom. The summed E-state index contributed by atoms with van der Waals surface area (Å²) >= 11 is 6.06. The highest BCUT2D eigenvalue weighted by Crippen LogP contribution is 2.43. The van der Waals surface area contributed by atoms with Crippen LogP contribution in [0, 0.1) is 17.7 Å². The molecule has 1 fully saturated rings. The highest BCUT2D eigenvalue weighted by atomic mass is 35.5. The van der Waals surface area contributed by atoms with E-state index in [0.29, 0.717) is 17.8 Å². The van der Waals surface area contributed by atoms with Gasteiger partial charge in [-0.3, -0.25) is 0 Å². The molecule has 1 saturated carbocycles. The molecule has 1 aliphatic rings. The summed E-state index contributed by atoms with van der Waals surface area (Å²) < 4.78 is 15.8. The van der Waals surface area contributed by atoms with Crippen LogP contribution in [0.3, 0.4) is 0 Å². The number of hydrogen-bond donors (Lipinski definition) is 0. The van der Waals surface area contributed by atoms with E-state index in [9.17, 15) is 4.39 Å². The SMILES string of the molecule is CCC1CCC(n2c(CCl)nc3ccc(F)cc32)C1C. The van der Waals surface area contributed by atoms with E-state index in [2.05, 4.69) is 23.4 Å². The summed E-state index contributed by atoms with van der Waals surface area (Å²) in [6.07, 6.45) is 3.57. The molecule has 2 nitrogen and oxygen atoms in total. The zero-order valence-corrected chi connectivity index (χ0v) is 12.7. The zero-order chi connectivity index (χ0) is 14.3. The lowest BCUT2D eigenvalue weighted by Gasteiger charge is -2.23. The summed E-state index contributed by atoms with van der Waals surface area (Å²) in [4.78, 5) is 4.57. The molecule has 1 aromatic carbocycles. The van der Waals surface area contributed by atoms with Gasteiger partial charge in [0.15, 0.2) is 0 Å². The average Bonchev–Trinajstić information content (AvgIpc) is 2.98. The number of halogens is 2. The lowest BCUT2D eigenvalue weighted by Crippen LogP contribution is -2.17. The Morgan fingerprint density at radius 1 is 1.40 bits per heavy atom. The van der Waals surface area contributed by atoms with Gasteiger partial charge in [-0.25, -0.2) is 9.37 Å². The van der Waals surface area contributed by atoms with Gasteiger partial charge in [0.25, 0.3) is 0 Å². The molecule has 1 aliphatic carbocycles. The Labute approximate surface area is 123 Å². The molecule has 108 valence electrons. The van der Waals surface area contributed by atoms with Crippen LogP contribution in [0.25, 0.3) is 11.0 Å². The second kappa shape index (κ2) is 5.36. The maximum Gasteiger partial charge on any atom is 0.125 e. The number of hydrogen-bond acceptors (Lipinski definition) is 1. The first-order valence-corrected chi connectivity index (χ1v) is 7.91. The highest BCUT2D eigenvalue weighted by Gasteiger charge is 2.34. The van der Waals surface area contributed by atoms with Crippen molar-refractivity contribution in [3.05, 3.63) is 29.8 Å². The van der Waals surface area contributed by atoms with Crippen molar-refractivity contribution < 1.29 is 4.39 Å². The van der Waals surface area contributed by atoms with E-state index >= 15 is 0 Å². The molecule has 3 unspecified atom stereocenters. The Kier molecular flexibility index (Phi) is 3.72. The number of benzene rings is 1. The van der Waals surface area contributed by atoms with Crippen molar-refractivity contribution in [2.24, 2.45) is 11.8 Å². The molecule has 0 aliphatic heterocycles. The second-order valence-corrected chi connectivity index (χ2v) is 6.10. The van der Waals surface area contributed by atoms with Gasteiger partial charge in [0.05, 0.1) is 16.9 Å². The van der Waals surface area contributed by atoms with Crippen LogP contribution in [0.15, 0.2) is 18.2 Å². The number of rotatable bonds is 3. The van der Waals surface area contributed by atoms with E-state index in [-0.39, 0.29) is 5.82 Å². The summed E-state index contributed by atoms with van der Waals surface area (Å²) in [5, 5.41) is 0. The second-order valence-electron chi connectivity index (χ2n) is 5.84. The number of fused-ring (bicyclic) bond motifs is 1. The smallest absolute Gasteiger partial charge is 0.125 e. The number of nitrogens with zero attached hydrogens (tertiary/aromatic N) is 2. The summed E-state index contributed by atoms with van der Waals surface area (Å²) in [5.41, 5.74) is 1.73. The standard InChI is InChI=1S/C16H20ClFN2/c1-3-11-4-7-14(10(11)2)20-15-8-12(18)5-6-13(15)19-16(20)9-17/h5-6,8,10-11,14H,3-4,7,9H2,1-2H3. The Hall–Kier alpha value is -1.09. The van der Waals surface area contributed by atoms with Crippen molar-refractivity contribution in [1.82, 2.24) is 9.55 Å². The fourth-order valence-corrected chi connectivity index (χ4v) is 3.93. The van der Waals surface area contributed by atoms with Crippen molar-refractivity contribution in [3.63, 3.8) is 0 Å². The van der Waals surface area contributed by atoms with Crippen molar-refractivity contribution in [2.75, 3.05) is 0 Å². The molecule has 3 rings (SSSR count). The van der Waals surface area contributed by atoms with Crippen LogP contribution >= 0.6 is 11.6 Å².